The van der Waals surface area contributed by atoms with Crippen molar-refractivity contribution in [3.63, 3.8) is 0 Å². The van der Waals surface area contributed by atoms with Gasteiger partial charge in [-0.2, -0.15) is 0 Å². The number of urea groups is 1. The molecular weight excluding hydrogens is 358 g/mol. The summed E-state index contributed by atoms with van der Waals surface area (Å²) in [6.45, 7) is 1.68. The highest BCUT2D eigenvalue weighted by atomic mass is 32.2. The zero-order valence-corrected chi connectivity index (χ0v) is 14.7. The molecular formula is C17H17N3O5S. The van der Waals surface area contributed by atoms with Crippen LogP contribution in [-0.4, -0.2) is 32.9 Å². The molecule has 0 spiro atoms. The van der Waals surface area contributed by atoms with Crippen LogP contribution in [0.1, 0.15) is 5.56 Å². The minimum atomic E-state index is -3.82. The summed E-state index contributed by atoms with van der Waals surface area (Å²) in [4.78, 5) is 22.5. The number of aryl methyl sites for hydroxylation is 1. The van der Waals surface area contributed by atoms with Crippen molar-refractivity contribution in [1.29, 1.82) is 0 Å². The third-order valence-corrected chi connectivity index (χ3v) is 5.23. The number of ether oxygens (including phenoxy) is 1. The molecule has 0 unspecified atom stereocenters. The lowest BCUT2D eigenvalue weighted by atomic mass is 10.2. The average Bonchev–Trinajstić information content (AvgIpc) is 2.93. The lowest BCUT2D eigenvalue weighted by molar-refractivity contribution is -0.120. The fraction of sp³-hybridized carbons (Fsp3) is 0.176. The zero-order valence-electron chi connectivity index (χ0n) is 13.9. The molecule has 3 N–H and O–H groups in total. The summed E-state index contributed by atoms with van der Waals surface area (Å²) < 4.78 is 32.6. The number of carbonyl (C=O) groups excluding carboxylic acids is 2. The molecule has 1 atom stereocenters. The molecule has 26 heavy (non-hydrogen) atoms. The van der Waals surface area contributed by atoms with E-state index < -0.39 is 28.0 Å². The Hall–Kier alpha value is -2.91. The van der Waals surface area contributed by atoms with Crippen molar-refractivity contribution in [2.75, 3.05) is 6.54 Å². The first kappa shape index (κ1) is 17.9. The molecule has 0 aromatic heterocycles. The van der Waals surface area contributed by atoms with Crippen LogP contribution in [0.5, 0.6) is 11.5 Å². The SMILES string of the molecule is Cc1ccccc1Oc1ccc(S(=O)(=O)NC[C@@H]2NC(=O)NC2=O)cc1. The van der Waals surface area contributed by atoms with Crippen molar-refractivity contribution in [3.05, 3.63) is 54.1 Å². The Morgan fingerprint density at radius 3 is 2.38 bits per heavy atom. The minimum absolute atomic E-state index is 0.0272. The molecule has 1 saturated heterocycles. The van der Waals surface area contributed by atoms with E-state index in [0.29, 0.717) is 11.5 Å². The predicted octanol–water partition coefficient (Wildman–Crippen LogP) is 1.27. The van der Waals surface area contributed by atoms with Gasteiger partial charge in [-0.3, -0.25) is 10.1 Å². The van der Waals surface area contributed by atoms with Gasteiger partial charge in [0.2, 0.25) is 10.0 Å². The van der Waals surface area contributed by atoms with E-state index in [9.17, 15) is 18.0 Å². The number of rotatable bonds is 6. The number of hydrogen-bond donors (Lipinski definition) is 3. The van der Waals surface area contributed by atoms with Gasteiger partial charge in [0.1, 0.15) is 17.5 Å². The second kappa shape index (κ2) is 7.14. The Morgan fingerprint density at radius 2 is 1.77 bits per heavy atom. The zero-order chi connectivity index (χ0) is 18.7. The second-order valence-electron chi connectivity index (χ2n) is 5.71. The van der Waals surface area contributed by atoms with E-state index in [4.69, 9.17) is 4.74 Å². The number of hydrogen-bond acceptors (Lipinski definition) is 5. The van der Waals surface area contributed by atoms with Crippen molar-refractivity contribution in [2.45, 2.75) is 17.9 Å². The number of benzene rings is 2. The van der Waals surface area contributed by atoms with E-state index in [1.807, 2.05) is 36.5 Å². The van der Waals surface area contributed by atoms with Crippen molar-refractivity contribution in [1.82, 2.24) is 15.4 Å². The van der Waals surface area contributed by atoms with E-state index in [2.05, 4.69) is 10.0 Å². The van der Waals surface area contributed by atoms with Gasteiger partial charge in [0.15, 0.2) is 0 Å². The van der Waals surface area contributed by atoms with Crippen molar-refractivity contribution < 1.29 is 22.7 Å². The van der Waals surface area contributed by atoms with E-state index in [1.165, 1.54) is 12.1 Å². The molecule has 9 heteroatoms. The fourth-order valence-electron chi connectivity index (χ4n) is 2.36. The fourth-order valence-corrected chi connectivity index (χ4v) is 3.41. The van der Waals surface area contributed by atoms with Crippen LogP contribution in [0.3, 0.4) is 0 Å². The topological polar surface area (TPSA) is 114 Å². The standard InChI is InChI=1S/C17H17N3O5S/c1-11-4-2-3-5-15(11)25-12-6-8-13(9-7-12)26(23,24)18-10-14-16(21)20-17(22)19-14/h2-9,14,18H,10H2,1H3,(H2,19,20,21,22)/t14-/m0/s1. The maximum Gasteiger partial charge on any atom is 0.322 e. The molecule has 3 rings (SSSR count). The molecule has 3 amide bonds. The Morgan fingerprint density at radius 1 is 1.08 bits per heavy atom. The molecule has 1 aliphatic heterocycles. The first-order valence-electron chi connectivity index (χ1n) is 7.80. The molecule has 0 saturated carbocycles. The number of nitrogens with one attached hydrogen (secondary N) is 3. The van der Waals surface area contributed by atoms with Gasteiger partial charge in [-0.05, 0) is 42.8 Å². The number of para-hydroxylation sites is 1. The number of sulfonamides is 1. The molecule has 136 valence electrons. The highest BCUT2D eigenvalue weighted by molar-refractivity contribution is 7.89. The summed E-state index contributed by atoms with van der Waals surface area (Å²) in [5, 5.41) is 4.36. The molecule has 8 nitrogen and oxygen atoms in total. The molecule has 0 bridgehead atoms. The summed E-state index contributed by atoms with van der Waals surface area (Å²) in [6.07, 6.45) is 0. The molecule has 0 radical (unpaired) electrons. The van der Waals surface area contributed by atoms with E-state index >= 15 is 0 Å². The predicted molar refractivity (Wildman–Crippen MR) is 93.3 cm³/mol. The van der Waals surface area contributed by atoms with Gasteiger partial charge in [0.05, 0.1) is 4.90 Å². The molecule has 2 aromatic rings. The number of amides is 3. The van der Waals surface area contributed by atoms with Gasteiger partial charge in [-0.25, -0.2) is 17.9 Å². The smallest absolute Gasteiger partial charge is 0.322 e. The number of imide groups is 1. The van der Waals surface area contributed by atoms with E-state index in [1.54, 1.807) is 12.1 Å². The van der Waals surface area contributed by atoms with Gasteiger partial charge in [0.25, 0.3) is 5.91 Å². The molecule has 1 fully saturated rings. The summed E-state index contributed by atoms with van der Waals surface area (Å²) in [7, 11) is -3.82. The van der Waals surface area contributed by atoms with Crippen molar-refractivity contribution in [2.24, 2.45) is 0 Å². The average molecular weight is 375 g/mol. The highest BCUT2D eigenvalue weighted by Crippen LogP contribution is 2.25. The summed E-state index contributed by atoms with van der Waals surface area (Å²) in [6, 6.07) is 11.8. The van der Waals surface area contributed by atoms with Crippen LogP contribution >= 0.6 is 0 Å². The van der Waals surface area contributed by atoms with Gasteiger partial charge in [-0.1, -0.05) is 18.2 Å². The third-order valence-electron chi connectivity index (χ3n) is 3.79. The first-order valence-corrected chi connectivity index (χ1v) is 9.28. The Bertz CT molecular complexity index is 941. The lowest BCUT2D eigenvalue weighted by Gasteiger charge is -2.11. The van der Waals surface area contributed by atoms with Crippen LogP contribution in [-0.2, 0) is 14.8 Å². The third kappa shape index (κ3) is 4.01. The normalized spacial score (nSPS) is 16.9. The summed E-state index contributed by atoms with van der Waals surface area (Å²) in [5.41, 5.74) is 0.961. The largest absolute Gasteiger partial charge is 0.457 e. The monoisotopic (exact) mass is 375 g/mol. The Balaban J connectivity index is 1.66. The van der Waals surface area contributed by atoms with Gasteiger partial charge in [0, 0.05) is 6.54 Å². The summed E-state index contributed by atoms with van der Waals surface area (Å²) >= 11 is 0. The maximum absolute atomic E-state index is 12.3. The van der Waals surface area contributed by atoms with Crippen LogP contribution in [0.25, 0.3) is 0 Å². The minimum Gasteiger partial charge on any atom is -0.457 e. The number of carbonyl (C=O) groups is 2. The van der Waals surface area contributed by atoms with Crippen LogP contribution in [0.4, 0.5) is 4.79 Å². The van der Waals surface area contributed by atoms with E-state index in [-0.39, 0.29) is 11.4 Å². The van der Waals surface area contributed by atoms with Crippen LogP contribution in [0.2, 0.25) is 0 Å². The molecule has 0 aliphatic carbocycles. The van der Waals surface area contributed by atoms with Crippen LogP contribution in [0.15, 0.2) is 53.4 Å². The van der Waals surface area contributed by atoms with Crippen LogP contribution < -0.4 is 20.1 Å². The van der Waals surface area contributed by atoms with Gasteiger partial charge >= 0.3 is 6.03 Å². The molecule has 2 aromatic carbocycles. The van der Waals surface area contributed by atoms with Crippen molar-refractivity contribution >= 4 is 22.0 Å². The van der Waals surface area contributed by atoms with E-state index in [0.717, 1.165) is 5.56 Å². The molecule has 1 aliphatic rings. The Labute approximate surface area is 150 Å². The van der Waals surface area contributed by atoms with Crippen molar-refractivity contribution in [3.8, 4) is 11.5 Å². The first-order chi connectivity index (χ1) is 12.3. The maximum atomic E-state index is 12.3. The summed E-state index contributed by atoms with van der Waals surface area (Å²) in [5.74, 6) is 0.615. The quantitative estimate of drug-likeness (QED) is 0.658. The Kier molecular flexibility index (Phi) is 4.92. The highest BCUT2D eigenvalue weighted by Gasteiger charge is 2.30. The van der Waals surface area contributed by atoms with Gasteiger partial charge < -0.3 is 10.1 Å². The van der Waals surface area contributed by atoms with Crippen LogP contribution in [0, 0.1) is 6.92 Å². The molecule has 1 heterocycles. The lowest BCUT2D eigenvalue weighted by Crippen LogP contribution is -2.41. The van der Waals surface area contributed by atoms with Gasteiger partial charge in [-0.15, -0.1) is 0 Å². The second-order valence-corrected chi connectivity index (χ2v) is 7.47.